The van der Waals surface area contributed by atoms with Crippen molar-refractivity contribution in [2.24, 2.45) is 0 Å². The third-order valence-electron chi connectivity index (χ3n) is 10.6. The fourth-order valence-corrected chi connectivity index (χ4v) is 7.93. The minimum Gasteiger partial charge on any atom is -0.456 e. The molecule has 1 unspecified atom stereocenters. The van der Waals surface area contributed by atoms with Crippen LogP contribution >= 0.6 is 0 Å². The fourth-order valence-electron chi connectivity index (χ4n) is 7.93. The van der Waals surface area contributed by atoms with Gasteiger partial charge in [-0.25, -0.2) is 9.97 Å². The van der Waals surface area contributed by atoms with Crippen LogP contribution in [0.4, 0.5) is 0 Å². The van der Waals surface area contributed by atoms with Crippen LogP contribution in [0, 0.1) is 0 Å². The predicted molar refractivity (Wildman–Crippen MR) is 208 cm³/mol. The first-order chi connectivity index (χ1) is 25.1. The van der Waals surface area contributed by atoms with Gasteiger partial charge in [0.15, 0.2) is 5.82 Å². The number of benzene rings is 7. The van der Waals surface area contributed by atoms with Gasteiger partial charge in [-0.05, 0) is 76.2 Å². The third-order valence-corrected chi connectivity index (χ3v) is 10.6. The Bertz CT molecular complexity index is 2750. The molecule has 0 bridgehead atoms. The van der Waals surface area contributed by atoms with Crippen molar-refractivity contribution < 1.29 is 4.42 Å². The summed E-state index contributed by atoms with van der Waals surface area (Å²) in [6.07, 6.45) is 0. The van der Waals surface area contributed by atoms with Crippen LogP contribution in [0.2, 0.25) is 0 Å². The van der Waals surface area contributed by atoms with Crippen LogP contribution in [-0.2, 0) is 5.41 Å². The summed E-state index contributed by atoms with van der Waals surface area (Å²) < 4.78 is 6.19. The van der Waals surface area contributed by atoms with E-state index in [-0.39, 0.29) is 5.41 Å². The third kappa shape index (κ3) is 4.74. The largest absolute Gasteiger partial charge is 0.456 e. The molecule has 0 amide bonds. The van der Waals surface area contributed by atoms with Gasteiger partial charge in [0.2, 0.25) is 0 Å². The second-order valence-corrected chi connectivity index (χ2v) is 13.5. The minimum absolute atomic E-state index is 0.289. The van der Waals surface area contributed by atoms with E-state index < -0.39 is 0 Å². The molecule has 0 saturated heterocycles. The van der Waals surface area contributed by atoms with E-state index in [4.69, 9.17) is 14.4 Å². The summed E-state index contributed by atoms with van der Waals surface area (Å²) in [5, 5.41) is 2.27. The molecule has 0 N–H and O–H groups in total. The van der Waals surface area contributed by atoms with Crippen molar-refractivity contribution in [3.05, 3.63) is 193 Å². The van der Waals surface area contributed by atoms with Crippen LogP contribution in [0.25, 0.3) is 78.1 Å². The lowest BCUT2D eigenvalue weighted by Gasteiger charge is -2.28. The van der Waals surface area contributed by atoms with Gasteiger partial charge in [0.05, 0.1) is 11.4 Å². The number of para-hydroxylation sites is 1. The standard InChI is InChI=1S/C48H32N2O/c1-48(36-14-6-3-7-15-36)41-18-10-8-16-37(41)38-26-25-35(28-42(38)48)44-30-43(49-47(50-44)33-12-4-2-5-13-33)32-22-20-31(21-23-32)34-24-27-40-39-17-9-11-19-45(39)51-46(40)29-34/h2-30H,1H3. The highest BCUT2D eigenvalue weighted by molar-refractivity contribution is 6.05. The zero-order valence-corrected chi connectivity index (χ0v) is 28.0. The topological polar surface area (TPSA) is 38.9 Å². The first-order valence-electron chi connectivity index (χ1n) is 17.4. The van der Waals surface area contributed by atoms with E-state index in [0.717, 1.165) is 61.1 Å². The van der Waals surface area contributed by atoms with E-state index >= 15 is 0 Å². The average molecular weight is 653 g/mol. The van der Waals surface area contributed by atoms with Crippen LogP contribution in [0.15, 0.2) is 180 Å². The molecule has 1 aliphatic rings. The molecule has 7 aromatic carbocycles. The molecule has 1 aliphatic carbocycles. The maximum absolute atomic E-state index is 6.19. The van der Waals surface area contributed by atoms with Gasteiger partial charge in [-0.3, -0.25) is 0 Å². The normalized spacial score (nSPS) is 14.8. The summed E-state index contributed by atoms with van der Waals surface area (Å²) in [7, 11) is 0. The molecule has 0 spiro atoms. The number of hydrogen-bond acceptors (Lipinski definition) is 3. The van der Waals surface area contributed by atoms with Crippen molar-refractivity contribution >= 4 is 21.9 Å². The zero-order valence-electron chi connectivity index (χ0n) is 28.0. The Morgan fingerprint density at radius 1 is 0.412 bits per heavy atom. The van der Waals surface area contributed by atoms with Crippen molar-refractivity contribution in [3.8, 4) is 56.2 Å². The summed E-state index contributed by atoms with van der Waals surface area (Å²) in [6.45, 7) is 2.35. The van der Waals surface area contributed by atoms with E-state index in [0.29, 0.717) is 5.82 Å². The molecule has 2 heterocycles. The van der Waals surface area contributed by atoms with Gasteiger partial charge in [-0.1, -0.05) is 146 Å². The second kappa shape index (κ2) is 11.5. The van der Waals surface area contributed by atoms with Crippen LogP contribution in [0.1, 0.15) is 23.6 Å². The predicted octanol–water partition coefficient (Wildman–Crippen LogP) is 12.4. The Kier molecular flexibility index (Phi) is 6.62. The minimum atomic E-state index is -0.289. The number of hydrogen-bond donors (Lipinski definition) is 0. The molecule has 0 radical (unpaired) electrons. The Hall–Kier alpha value is -6.58. The zero-order chi connectivity index (χ0) is 33.9. The highest BCUT2D eigenvalue weighted by Gasteiger charge is 2.40. The van der Waals surface area contributed by atoms with Crippen molar-refractivity contribution in [3.63, 3.8) is 0 Å². The summed E-state index contributed by atoms with van der Waals surface area (Å²) >= 11 is 0. The molecule has 51 heavy (non-hydrogen) atoms. The molecule has 3 nitrogen and oxygen atoms in total. The molecule has 0 aliphatic heterocycles. The Labute approximate surface area is 296 Å². The van der Waals surface area contributed by atoms with Gasteiger partial charge >= 0.3 is 0 Å². The van der Waals surface area contributed by atoms with E-state index in [1.807, 2.05) is 30.3 Å². The van der Waals surface area contributed by atoms with Gasteiger partial charge in [-0.2, -0.15) is 0 Å². The van der Waals surface area contributed by atoms with Crippen molar-refractivity contribution in [2.75, 3.05) is 0 Å². The van der Waals surface area contributed by atoms with Crippen LogP contribution in [-0.4, -0.2) is 9.97 Å². The van der Waals surface area contributed by atoms with Crippen molar-refractivity contribution in [1.82, 2.24) is 9.97 Å². The number of rotatable bonds is 5. The highest BCUT2D eigenvalue weighted by atomic mass is 16.3. The van der Waals surface area contributed by atoms with Crippen LogP contribution in [0.5, 0.6) is 0 Å². The Morgan fingerprint density at radius 3 is 1.84 bits per heavy atom. The second-order valence-electron chi connectivity index (χ2n) is 13.5. The van der Waals surface area contributed by atoms with Gasteiger partial charge in [0.25, 0.3) is 0 Å². The van der Waals surface area contributed by atoms with E-state index in [1.54, 1.807) is 0 Å². The molecule has 10 rings (SSSR count). The molecule has 240 valence electrons. The van der Waals surface area contributed by atoms with Crippen molar-refractivity contribution in [1.29, 1.82) is 0 Å². The summed E-state index contributed by atoms with van der Waals surface area (Å²) in [5.41, 5.74) is 15.1. The van der Waals surface area contributed by atoms with Crippen molar-refractivity contribution in [2.45, 2.75) is 12.3 Å². The lowest BCUT2D eigenvalue weighted by atomic mass is 9.74. The first-order valence-corrected chi connectivity index (χ1v) is 17.4. The van der Waals surface area contributed by atoms with Crippen LogP contribution in [0.3, 0.4) is 0 Å². The molecular weight excluding hydrogens is 621 g/mol. The van der Waals surface area contributed by atoms with E-state index in [1.165, 1.54) is 27.8 Å². The SMILES string of the molecule is CC1(c2ccccc2)c2ccccc2-c2ccc(-c3cc(-c4ccc(-c5ccc6c(c5)oc5ccccc56)cc4)nc(-c4ccccc4)n3)cc21. The maximum atomic E-state index is 6.19. The maximum Gasteiger partial charge on any atom is 0.160 e. The summed E-state index contributed by atoms with van der Waals surface area (Å²) in [6, 6.07) is 62.2. The molecule has 2 aromatic heterocycles. The molecule has 0 saturated carbocycles. The van der Waals surface area contributed by atoms with Crippen LogP contribution < -0.4 is 0 Å². The number of nitrogens with zero attached hydrogens (tertiary/aromatic N) is 2. The average Bonchev–Trinajstić information content (AvgIpc) is 3.71. The Balaban J connectivity index is 1.08. The quantitative estimate of drug-likeness (QED) is 0.186. The Morgan fingerprint density at radius 2 is 1.02 bits per heavy atom. The van der Waals surface area contributed by atoms with E-state index in [2.05, 4.69) is 153 Å². The fraction of sp³-hybridized carbons (Fsp3) is 0.0417. The molecule has 1 atom stereocenters. The molecule has 3 heteroatoms. The molecule has 9 aromatic rings. The first kappa shape index (κ1) is 29.3. The summed E-state index contributed by atoms with van der Waals surface area (Å²) in [5.74, 6) is 0.706. The number of fused-ring (bicyclic) bond motifs is 6. The lowest BCUT2D eigenvalue weighted by molar-refractivity contribution is 0.669. The molecule has 0 fully saturated rings. The lowest BCUT2D eigenvalue weighted by Crippen LogP contribution is -2.22. The van der Waals surface area contributed by atoms with Gasteiger partial charge in [0.1, 0.15) is 11.2 Å². The highest BCUT2D eigenvalue weighted by Crippen LogP contribution is 2.53. The summed E-state index contributed by atoms with van der Waals surface area (Å²) in [4.78, 5) is 10.3. The number of aromatic nitrogens is 2. The van der Waals surface area contributed by atoms with Gasteiger partial charge < -0.3 is 4.42 Å². The van der Waals surface area contributed by atoms with Gasteiger partial charge in [0, 0.05) is 32.9 Å². The smallest absolute Gasteiger partial charge is 0.160 e. The van der Waals surface area contributed by atoms with E-state index in [9.17, 15) is 0 Å². The monoisotopic (exact) mass is 652 g/mol. The molecular formula is C48H32N2O. The number of furan rings is 1. The van der Waals surface area contributed by atoms with Gasteiger partial charge in [-0.15, -0.1) is 0 Å².